The third-order valence-electron chi connectivity index (χ3n) is 6.11. The van der Waals surface area contributed by atoms with E-state index in [9.17, 15) is 21.6 Å². The molecular weight excluding hydrogens is 531 g/mol. The molecule has 0 fully saturated rings. The molecule has 0 aliphatic carbocycles. The third-order valence-corrected chi connectivity index (χ3v) is 7.30. The summed E-state index contributed by atoms with van der Waals surface area (Å²) in [7, 11) is -0.645. The number of aromatic nitrogens is 2. The van der Waals surface area contributed by atoms with Crippen LogP contribution in [0.4, 0.5) is 30.5 Å². The molecule has 0 bridgehead atoms. The van der Waals surface area contributed by atoms with Crippen molar-refractivity contribution >= 4 is 27.3 Å². The van der Waals surface area contributed by atoms with E-state index in [1.807, 2.05) is 32.9 Å². The van der Waals surface area contributed by atoms with Crippen LogP contribution in [0.1, 0.15) is 41.8 Å². The van der Waals surface area contributed by atoms with Gasteiger partial charge in [-0.05, 0) is 54.7 Å². The number of halogens is 3. The number of benzene rings is 2. The molecule has 0 aliphatic heterocycles. The van der Waals surface area contributed by atoms with E-state index < -0.39 is 21.8 Å². The second-order valence-electron chi connectivity index (χ2n) is 9.61. The van der Waals surface area contributed by atoms with E-state index in [1.165, 1.54) is 14.2 Å². The molecule has 12 heteroatoms. The second kappa shape index (κ2) is 12.2. The quantitative estimate of drug-likeness (QED) is 0.329. The summed E-state index contributed by atoms with van der Waals surface area (Å²) in [5.74, 6) is 0.484. The molecule has 0 atom stereocenters. The molecule has 0 aliphatic rings. The smallest absolute Gasteiger partial charge is 0.419 e. The first-order valence-corrected chi connectivity index (χ1v) is 14.2. The van der Waals surface area contributed by atoms with Crippen molar-refractivity contribution < 1.29 is 26.3 Å². The van der Waals surface area contributed by atoms with Crippen molar-refractivity contribution in [3.63, 3.8) is 0 Å². The maximum atomic E-state index is 13.8. The van der Waals surface area contributed by atoms with E-state index in [0.717, 1.165) is 27.9 Å². The number of hydrogen-bond donors (Lipinski definition) is 2. The number of ether oxygens (including phenoxy) is 1. The number of sulfonamides is 1. The number of nitrogens with zero attached hydrogens (tertiary/aromatic N) is 3. The van der Waals surface area contributed by atoms with Gasteiger partial charge in [-0.15, -0.1) is 0 Å². The molecule has 3 aromatic rings. The van der Waals surface area contributed by atoms with Gasteiger partial charge in [-0.3, -0.25) is 4.31 Å². The average Bonchev–Trinajstić information content (AvgIpc) is 2.85. The van der Waals surface area contributed by atoms with Gasteiger partial charge >= 0.3 is 6.18 Å². The van der Waals surface area contributed by atoms with E-state index >= 15 is 0 Å². The average molecular weight is 566 g/mol. The zero-order valence-electron chi connectivity index (χ0n) is 22.8. The third kappa shape index (κ3) is 8.06. The second-order valence-corrected chi connectivity index (χ2v) is 11.6. The van der Waals surface area contributed by atoms with Crippen molar-refractivity contribution in [1.29, 1.82) is 0 Å². The molecule has 2 N–H and O–H groups in total. The van der Waals surface area contributed by atoms with Gasteiger partial charge in [0.2, 0.25) is 16.0 Å². The summed E-state index contributed by atoms with van der Waals surface area (Å²) in [6.45, 7) is 6.52. The summed E-state index contributed by atoms with van der Waals surface area (Å²) >= 11 is 0. The van der Waals surface area contributed by atoms with Gasteiger partial charge in [0.1, 0.15) is 5.75 Å². The van der Waals surface area contributed by atoms with Crippen LogP contribution in [0.25, 0.3) is 0 Å². The van der Waals surface area contributed by atoms with Gasteiger partial charge in [0.05, 0.1) is 36.0 Å². The lowest BCUT2D eigenvalue weighted by Crippen LogP contribution is -2.26. The number of hydrogen-bond acceptors (Lipinski definition) is 7. The molecule has 8 nitrogen and oxygen atoms in total. The van der Waals surface area contributed by atoms with Crippen LogP contribution in [0.5, 0.6) is 5.75 Å². The first-order chi connectivity index (χ1) is 18.2. The molecule has 0 spiro atoms. The highest BCUT2D eigenvalue weighted by Gasteiger charge is 2.35. The Kier molecular flexibility index (Phi) is 9.44. The van der Waals surface area contributed by atoms with Gasteiger partial charge in [0.25, 0.3) is 0 Å². The molecular formula is C27H34F3N5O3S. The minimum absolute atomic E-state index is 0.0123. The van der Waals surface area contributed by atoms with Crippen LogP contribution < -0.4 is 19.7 Å². The molecule has 0 amide bonds. The molecule has 1 heterocycles. The summed E-state index contributed by atoms with van der Waals surface area (Å²) in [5.41, 5.74) is 2.16. The van der Waals surface area contributed by atoms with Crippen LogP contribution in [0.2, 0.25) is 0 Å². The highest BCUT2D eigenvalue weighted by Crippen LogP contribution is 2.34. The Balaban J connectivity index is 1.92. The Labute approximate surface area is 227 Å². The first-order valence-electron chi connectivity index (χ1n) is 12.3. The van der Waals surface area contributed by atoms with E-state index in [-0.39, 0.29) is 24.5 Å². The van der Waals surface area contributed by atoms with Crippen molar-refractivity contribution in [1.82, 2.24) is 15.3 Å². The molecule has 2 aromatic carbocycles. The number of nitrogens with one attached hydrogen (secondary N) is 2. The fraction of sp³-hybridized carbons (Fsp3) is 0.407. The fourth-order valence-electron chi connectivity index (χ4n) is 3.91. The van der Waals surface area contributed by atoms with E-state index in [2.05, 4.69) is 20.6 Å². The van der Waals surface area contributed by atoms with Crippen LogP contribution in [-0.4, -0.2) is 44.8 Å². The topological polar surface area (TPSA) is 96.5 Å². The summed E-state index contributed by atoms with van der Waals surface area (Å²) in [6.07, 6.45) is -2.77. The van der Waals surface area contributed by atoms with Crippen LogP contribution in [-0.2, 0) is 35.6 Å². The molecule has 212 valence electrons. The summed E-state index contributed by atoms with van der Waals surface area (Å²) in [4.78, 5) is 8.11. The molecule has 3 rings (SSSR count). The van der Waals surface area contributed by atoms with E-state index in [4.69, 9.17) is 4.74 Å². The normalized spacial score (nSPS) is 12.1. The zero-order chi connectivity index (χ0) is 29.0. The summed E-state index contributed by atoms with van der Waals surface area (Å²) < 4.78 is 72.4. The van der Waals surface area contributed by atoms with Crippen molar-refractivity contribution in [2.75, 3.05) is 30.0 Å². The lowest BCUT2D eigenvalue weighted by atomic mass is 10.0. The number of anilines is 3. The lowest BCUT2D eigenvalue weighted by molar-refractivity contribution is -0.138. The molecule has 0 unspecified atom stereocenters. The number of methoxy groups -OCH3 is 1. The van der Waals surface area contributed by atoms with Crippen LogP contribution in [0.15, 0.2) is 42.6 Å². The van der Waals surface area contributed by atoms with Crippen LogP contribution in [0.3, 0.4) is 0 Å². The molecule has 0 saturated carbocycles. The summed E-state index contributed by atoms with van der Waals surface area (Å²) in [6, 6.07) is 11.0. The molecule has 1 aromatic heterocycles. The van der Waals surface area contributed by atoms with Crippen LogP contribution >= 0.6 is 0 Å². The van der Waals surface area contributed by atoms with E-state index in [1.54, 1.807) is 24.3 Å². The molecule has 0 radical (unpaired) electrons. The Bertz CT molecular complexity index is 1410. The largest absolute Gasteiger partial charge is 0.495 e. The highest BCUT2D eigenvalue weighted by molar-refractivity contribution is 7.92. The van der Waals surface area contributed by atoms with Gasteiger partial charge in [-0.2, -0.15) is 13.2 Å². The molecule has 39 heavy (non-hydrogen) atoms. The summed E-state index contributed by atoms with van der Waals surface area (Å²) in [5, 5.41) is 6.28. The van der Waals surface area contributed by atoms with Gasteiger partial charge < -0.3 is 15.4 Å². The zero-order valence-corrected chi connectivity index (χ0v) is 23.7. The van der Waals surface area contributed by atoms with Gasteiger partial charge in [0.15, 0.2) is 0 Å². The first kappa shape index (κ1) is 30.2. The monoisotopic (exact) mass is 565 g/mol. The van der Waals surface area contributed by atoms with Gasteiger partial charge in [0, 0.05) is 25.8 Å². The minimum Gasteiger partial charge on any atom is -0.495 e. The minimum atomic E-state index is -4.66. The SMILES string of the molecule is COc1cc(CNC(C)C)ccc1Nc1ncc(C(F)(F)F)c(CCc2ccc(C)cc2N(C)S(C)(=O)=O)n1. The number of aryl methyl sites for hydroxylation is 3. The standard InChI is InChI=1S/C27H34F3N5O3S/c1-17(2)31-15-19-8-11-23(25(14-19)38-5)34-26-32-16-21(27(28,29)30)22(33-26)12-10-20-9-7-18(3)13-24(20)35(4)39(6,36)37/h7-9,11,13-14,16-17,31H,10,12,15H2,1-6H3,(H,32,33,34). The Morgan fingerprint density at radius 3 is 2.44 bits per heavy atom. The predicted molar refractivity (Wildman–Crippen MR) is 147 cm³/mol. The fourth-order valence-corrected chi connectivity index (χ4v) is 4.43. The Morgan fingerprint density at radius 1 is 1.10 bits per heavy atom. The highest BCUT2D eigenvalue weighted by atomic mass is 32.2. The molecule has 0 saturated heterocycles. The lowest BCUT2D eigenvalue weighted by Gasteiger charge is -2.21. The van der Waals surface area contributed by atoms with Crippen molar-refractivity contribution in [2.45, 2.75) is 52.4 Å². The predicted octanol–water partition coefficient (Wildman–Crippen LogP) is 5.24. The Morgan fingerprint density at radius 2 is 1.82 bits per heavy atom. The maximum absolute atomic E-state index is 13.8. The van der Waals surface area contributed by atoms with E-state index in [0.29, 0.717) is 35.3 Å². The van der Waals surface area contributed by atoms with Gasteiger partial charge in [-0.1, -0.05) is 32.0 Å². The Hall–Kier alpha value is -3.38. The van der Waals surface area contributed by atoms with Crippen molar-refractivity contribution in [3.05, 3.63) is 70.5 Å². The number of alkyl halides is 3. The maximum Gasteiger partial charge on any atom is 0.419 e. The van der Waals surface area contributed by atoms with Gasteiger partial charge in [-0.25, -0.2) is 18.4 Å². The van der Waals surface area contributed by atoms with Crippen molar-refractivity contribution in [3.8, 4) is 5.75 Å². The van der Waals surface area contributed by atoms with Crippen LogP contribution in [0, 0.1) is 6.92 Å². The van der Waals surface area contributed by atoms with Crippen molar-refractivity contribution in [2.24, 2.45) is 0 Å². The number of rotatable bonds is 11.